The lowest BCUT2D eigenvalue weighted by atomic mass is 10.1. The molecule has 0 aliphatic carbocycles. The summed E-state index contributed by atoms with van der Waals surface area (Å²) in [7, 11) is 0. The summed E-state index contributed by atoms with van der Waals surface area (Å²) in [5, 5.41) is 14.9. The molecule has 0 fully saturated rings. The first-order valence-corrected chi connectivity index (χ1v) is 5.62. The standard InChI is InChI=1S/C11H11BrN2O2/c1-6-4-7(2)9(8(3)5-6)14-10(12)11(15)16-13-14/h4-5H,1-3H3. The van der Waals surface area contributed by atoms with Crippen LogP contribution in [0.4, 0.5) is 0 Å². The van der Waals surface area contributed by atoms with Gasteiger partial charge in [-0.2, -0.15) is 0 Å². The van der Waals surface area contributed by atoms with Crippen molar-refractivity contribution in [3.8, 4) is 11.6 Å². The SMILES string of the molecule is Cc1cc(C)c(-[n+]2noc([O-])c2Br)c(C)c1. The Labute approximate surface area is 102 Å². The zero-order valence-electron chi connectivity index (χ0n) is 9.24. The fraction of sp³-hybridized carbons (Fsp3) is 0.273. The Morgan fingerprint density at radius 1 is 1.25 bits per heavy atom. The highest BCUT2D eigenvalue weighted by molar-refractivity contribution is 9.10. The maximum absolute atomic E-state index is 11.2. The van der Waals surface area contributed by atoms with Gasteiger partial charge in [0.1, 0.15) is 0 Å². The first-order valence-electron chi connectivity index (χ1n) is 4.83. The molecular formula is C11H11BrN2O2. The van der Waals surface area contributed by atoms with Crippen molar-refractivity contribution < 1.29 is 14.3 Å². The normalized spacial score (nSPS) is 10.8. The topological polar surface area (TPSA) is 53.0 Å². The van der Waals surface area contributed by atoms with Crippen LogP contribution in [-0.2, 0) is 0 Å². The molecule has 1 aromatic heterocycles. The van der Waals surface area contributed by atoms with Crippen molar-refractivity contribution in [3.05, 3.63) is 33.4 Å². The number of rotatable bonds is 1. The Hall–Kier alpha value is -1.36. The van der Waals surface area contributed by atoms with Gasteiger partial charge in [-0.25, -0.2) is 0 Å². The number of aryl methyl sites for hydroxylation is 3. The van der Waals surface area contributed by atoms with Crippen LogP contribution in [-0.4, -0.2) is 5.27 Å². The summed E-state index contributed by atoms with van der Waals surface area (Å²) in [6.07, 6.45) is 0. The van der Waals surface area contributed by atoms with E-state index in [9.17, 15) is 5.11 Å². The van der Waals surface area contributed by atoms with E-state index in [1.807, 2.05) is 32.9 Å². The second-order valence-corrected chi connectivity index (χ2v) is 4.56. The van der Waals surface area contributed by atoms with Crippen LogP contribution in [0.3, 0.4) is 0 Å². The minimum Gasteiger partial charge on any atom is -0.538 e. The number of halogens is 1. The first kappa shape index (κ1) is 11.1. The van der Waals surface area contributed by atoms with Crippen LogP contribution < -0.4 is 9.79 Å². The summed E-state index contributed by atoms with van der Waals surface area (Å²) in [6.45, 7) is 5.99. The Bertz CT molecular complexity index is 526. The Balaban J connectivity index is 2.69. The minimum atomic E-state index is -0.473. The van der Waals surface area contributed by atoms with Crippen molar-refractivity contribution in [3.63, 3.8) is 0 Å². The lowest BCUT2D eigenvalue weighted by molar-refractivity contribution is -0.681. The van der Waals surface area contributed by atoms with E-state index in [4.69, 9.17) is 0 Å². The maximum Gasteiger partial charge on any atom is 0.305 e. The van der Waals surface area contributed by atoms with Crippen molar-refractivity contribution in [1.82, 2.24) is 5.27 Å². The first-order chi connectivity index (χ1) is 7.50. The van der Waals surface area contributed by atoms with Gasteiger partial charge in [0.15, 0.2) is 5.95 Å². The summed E-state index contributed by atoms with van der Waals surface area (Å²) < 4.78 is 6.39. The molecule has 0 N–H and O–H groups in total. The molecule has 0 aliphatic heterocycles. The van der Waals surface area contributed by atoms with Gasteiger partial charge in [-0.1, -0.05) is 5.56 Å². The Morgan fingerprint density at radius 2 is 1.81 bits per heavy atom. The van der Waals surface area contributed by atoms with Crippen molar-refractivity contribution in [2.24, 2.45) is 0 Å². The predicted octanol–water partition coefficient (Wildman–Crippen LogP) is 1.71. The quantitative estimate of drug-likeness (QED) is 0.749. The molecule has 0 radical (unpaired) electrons. The smallest absolute Gasteiger partial charge is 0.305 e. The van der Waals surface area contributed by atoms with Crippen molar-refractivity contribution in [2.75, 3.05) is 0 Å². The fourth-order valence-electron chi connectivity index (χ4n) is 1.88. The third-order valence-electron chi connectivity index (χ3n) is 2.41. The lowest BCUT2D eigenvalue weighted by Gasteiger charge is -2.02. The van der Waals surface area contributed by atoms with E-state index in [0.717, 1.165) is 16.8 Å². The fourth-order valence-corrected chi connectivity index (χ4v) is 2.20. The highest BCUT2D eigenvalue weighted by Crippen LogP contribution is 2.21. The average Bonchev–Trinajstić information content (AvgIpc) is 2.48. The predicted molar refractivity (Wildman–Crippen MR) is 59.4 cm³/mol. The molecule has 16 heavy (non-hydrogen) atoms. The van der Waals surface area contributed by atoms with Crippen LogP contribution in [0, 0.1) is 20.8 Å². The second-order valence-electron chi connectivity index (χ2n) is 3.81. The lowest BCUT2D eigenvalue weighted by Crippen LogP contribution is -2.35. The molecule has 0 amide bonds. The van der Waals surface area contributed by atoms with E-state index in [1.54, 1.807) is 0 Å². The molecular weight excluding hydrogens is 272 g/mol. The molecule has 84 valence electrons. The third kappa shape index (κ3) is 1.71. The van der Waals surface area contributed by atoms with Gasteiger partial charge in [0, 0.05) is 27.1 Å². The van der Waals surface area contributed by atoms with Crippen LogP contribution in [0.2, 0.25) is 0 Å². The molecule has 0 atom stereocenters. The molecule has 2 rings (SSSR count). The van der Waals surface area contributed by atoms with Crippen molar-refractivity contribution in [1.29, 1.82) is 0 Å². The van der Waals surface area contributed by atoms with Crippen LogP contribution in [0.15, 0.2) is 21.3 Å². The van der Waals surface area contributed by atoms with Gasteiger partial charge >= 0.3 is 4.60 Å². The van der Waals surface area contributed by atoms with Crippen LogP contribution in [0.1, 0.15) is 16.7 Å². The van der Waals surface area contributed by atoms with E-state index in [2.05, 4.69) is 25.7 Å². The molecule has 4 nitrogen and oxygen atoms in total. The molecule has 0 aliphatic rings. The van der Waals surface area contributed by atoms with E-state index >= 15 is 0 Å². The second kappa shape index (κ2) is 3.90. The van der Waals surface area contributed by atoms with E-state index in [-0.39, 0.29) is 0 Å². The van der Waals surface area contributed by atoms with Gasteiger partial charge in [-0.05, 0) is 37.6 Å². The highest BCUT2D eigenvalue weighted by Gasteiger charge is 2.22. The highest BCUT2D eigenvalue weighted by atomic mass is 79.9. The van der Waals surface area contributed by atoms with Gasteiger partial charge in [-0.15, -0.1) is 0 Å². The summed E-state index contributed by atoms with van der Waals surface area (Å²) in [5.41, 5.74) is 4.16. The molecule has 0 saturated heterocycles. The summed E-state index contributed by atoms with van der Waals surface area (Å²) in [4.78, 5) is 0. The molecule has 0 bridgehead atoms. The molecule has 1 aromatic carbocycles. The molecule has 5 heteroatoms. The molecule has 0 spiro atoms. The molecule has 2 aromatic rings. The number of aromatic nitrogens is 2. The molecule has 0 saturated carbocycles. The van der Waals surface area contributed by atoms with Crippen LogP contribution >= 0.6 is 15.9 Å². The molecule has 0 unspecified atom stereocenters. The third-order valence-corrected chi connectivity index (χ3v) is 3.07. The zero-order chi connectivity index (χ0) is 11.9. The van der Waals surface area contributed by atoms with Crippen molar-refractivity contribution in [2.45, 2.75) is 20.8 Å². The number of benzene rings is 1. The van der Waals surface area contributed by atoms with Gasteiger partial charge in [-0.3, -0.25) is 0 Å². The van der Waals surface area contributed by atoms with E-state index in [1.165, 1.54) is 10.2 Å². The Morgan fingerprint density at radius 3 is 2.25 bits per heavy atom. The molecule has 1 heterocycles. The summed E-state index contributed by atoms with van der Waals surface area (Å²) in [6, 6.07) is 4.09. The Kier molecular flexibility index (Phi) is 2.71. The number of hydrogen-bond acceptors (Lipinski definition) is 3. The maximum atomic E-state index is 11.2. The minimum absolute atomic E-state index is 0.308. The monoisotopic (exact) mass is 282 g/mol. The van der Waals surface area contributed by atoms with E-state index < -0.39 is 5.95 Å². The number of hydrogen-bond donors (Lipinski definition) is 0. The van der Waals surface area contributed by atoms with Gasteiger partial charge in [0.05, 0.1) is 5.27 Å². The van der Waals surface area contributed by atoms with Gasteiger partial charge in [0.2, 0.25) is 5.69 Å². The summed E-state index contributed by atoms with van der Waals surface area (Å²) >= 11 is 3.17. The zero-order valence-corrected chi connectivity index (χ0v) is 10.8. The largest absolute Gasteiger partial charge is 0.538 e. The van der Waals surface area contributed by atoms with Crippen molar-refractivity contribution >= 4 is 15.9 Å². The van der Waals surface area contributed by atoms with E-state index in [0.29, 0.717) is 4.60 Å². The summed E-state index contributed by atoms with van der Waals surface area (Å²) in [5.74, 6) is -0.473. The average molecular weight is 283 g/mol. The van der Waals surface area contributed by atoms with Gasteiger partial charge < -0.3 is 9.63 Å². The van der Waals surface area contributed by atoms with Crippen LogP contribution in [0.25, 0.3) is 5.69 Å². The van der Waals surface area contributed by atoms with Crippen LogP contribution in [0.5, 0.6) is 5.95 Å². The number of nitrogens with zero attached hydrogens (tertiary/aromatic N) is 2. The van der Waals surface area contributed by atoms with Gasteiger partial charge in [0.25, 0.3) is 0 Å².